The van der Waals surface area contributed by atoms with E-state index in [1.165, 1.54) is 12.0 Å². The van der Waals surface area contributed by atoms with Crippen LogP contribution in [0.3, 0.4) is 0 Å². The Kier molecular flexibility index (Phi) is 5.17. The number of amides is 2. The number of aliphatic carboxylic acids is 1. The highest BCUT2D eigenvalue weighted by Gasteiger charge is 2.17. The molecule has 0 saturated heterocycles. The second kappa shape index (κ2) is 6.63. The first kappa shape index (κ1) is 14.8. The first-order chi connectivity index (χ1) is 8.95. The van der Waals surface area contributed by atoms with E-state index in [1.54, 1.807) is 38.2 Å². The number of benzene rings is 1. The molecule has 0 spiro atoms. The molecular weight excluding hydrogens is 248 g/mol. The Labute approximate surface area is 112 Å². The van der Waals surface area contributed by atoms with Crippen molar-refractivity contribution in [2.75, 3.05) is 19.1 Å². The van der Waals surface area contributed by atoms with Gasteiger partial charge < -0.3 is 15.2 Å². The zero-order chi connectivity index (χ0) is 14.4. The highest BCUT2D eigenvalue weighted by molar-refractivity contribution is 5.93. The number of hydrogen-bond acceptors (Lipinski definition) is 3. The Hall–Kier alpha value is -2.24. The number of urea groups is 1. The van der Waals surface area contributed by atoms with Crippen LogP contribution in [0.25, 0.3) is 0 Å². The summed E-state index contributed by atoms with van der Waals surface area (Å²) in [6, 6.07) is 6.28. The van der Waals surface area contributed by atoms with Gasteiger partial charge in [0.1, 0.15) is 5.75 Å². The fourth-order valence-electron chi connectivity index (χ4n) is 1.64. The number of anilines is 1. The number of para-hydroxylation sites is 2. The summed E-state index contributed by atoms with van der Waals surface area (Å²) in [4.78, 5) is 23.9. The van der Waals surface area contributed by atoms with Crippen LogP contribution in [0.15, 0.2) is 24.3 Å². The topological polar surface area (TPSA) is 78.9 Å². The van der Waals surface area contributed by atoms with Crippen LogP contribution in [0, 0.1) is 0 Å². The number of rotatable bonds is 5. The standard InChI is InChI=1S/C13H18N2O4/c1-9(8-12(16)17)14-13(18)15(2)10-6-4-5-7-11(10)19-3/h4-7,9H,8H2,1-3H3,(H,14,18)(H,16,17). The molecule has 0 radical (unpaired) electrons. The Morgan fingerprint density at radius 1 is 1.42 bits per heavy atom. The average Bonchev–Trinajstić information content (AvgIpc) is 2.36. The monoisotopic (exact) mass is 266 g/mol. The summed E-state index contributed by atoms with van der Waals surface area (Å²) in [5, 5.41) is 11.3. The van der Waals surface area contributed by atoms with Gasteiger partial charge in [0.25, 0.3) is 0 Å². The molecule has 2 amide bonds. The molecule has 1 aromatic carbocycles. The second-order valence-electron chi connectivity index (χ2n) is 4.18. The molecule has 1 atom stereocenters. The van der Waals surface area contributed by atoms with Crippen LogP contribution in [0.2, 0.25) is 0 Å². The van der Waals surface area contributed by atoms with Crippen LogP contribution in [0.1, 0.15) is 13.3 Å². The lowest BCUT2D eigenvalue weighted by Gasteiger charge is -2.22. The van der Waals surface area contributed by atoms with Crippen molar-refractivity contribution in [3.63, 3.8) is 0 Å². The SMILES string of the molecule is COc1ccccc1N(C)C(=O)NC(C)CC(=O)O. The van der Waals surface area contributed by atoms with E-state index in [0.29, 0.717) is 11.4 Å². The fourth-order valence-corrected chi connectivity index (χ4v) is 1.64. The van der Waals surface area contributed by atoms with Crippen LogP contribution < -0.4 is 15.0 Å². The summed E-state index contributed by atoms with van der Waals surface area (Å²) in [7, 11) is 3.12. The van der Waals surface area contributed by atoms with Crippen molar-refractivity contribution in [3.05, 3.63) is 24.3 Å². The maximum absolute atomic E-state index is 12.0. The highest BCUT2D eigenvalue weighted by Crippen LogP contribution is 2.26. The first-order valence-corrected chi connectivity index (χ1v) is 5.84. The average molecular weight is 266 g/mol. The third-order valence-corrected chi connectivity index (χ3v) is 2.60. The summed E-state index contributed by atoms with van der Waals surface area (Å²) in [5.41, 5.74) is 0.616. The number of carbonyl (C=O) groups excluding carboxylic acids is 1. The van der Waals surface area contributed by atoms with E-state index < -0.39 is 12.0 Å². The van der Waals surface area contributed by atoms with Crippen LogP contribution in [-0.2, 0) is 4.79 Å². The molecule has 2 N–H and O–H groups in total. The number of nitrogens with one attached hydrogen (secondary N) is 1. The molecule has 6 heteroatoms. The Balaban J connectivity index is 2.74. The molecule has 19 heavy (non-hydrogen) atoms. The summed E-state index contributed by atoms with van der Waals surface area (Å²) < 4.78 is 5.17. The van der Waals surface area contributed by atoms with E-state index in [0.717, 1.165) is 0 Å². The summed E-state index contributed by atoms with van der Waals surface area (Å²) in [6.07, 6.45) is -0.120. The third-order valence-electron chi connectivity index (χ3n) is 2.60. The number of carbonyl (C=O) groups is 2. The van der Waals surface area contributed by atoms with Gasteiger partial charge in [-0.25, -0.2) is 4.79 Å². The molecule has 0 aliphatic carbocycles. The lowest BCUT2D eigenvalue weighted by atomic mass is 10.2. The van der Waals surface area contributed by atoms with Crippen LogP contribution in [0.4, 0.5) is 10.5 Å². The van der Waals surface area contributed by atoms with E-state index >= 15 is 0 Å². The highest BCUT2D eigenvalue weighted by atomic mass is 16.5. The minimum absolute atomic E-state index is 0.120. The zero-order valence-electron chi connectivity index (χ0n) is 11.2. The second-order valence-corrected chi connectivity index (χ2v) is 4.18. The molecule has 1 unspecified atom stereocenters. The van der Waals surface area contributed by atoms with E-state index in [4.69, 9.17) is 9.84 Å². The number of carboxylic acids is 1. The summed E-state index contributed by atoms with van der Waals surface area (Å²) >= 11 is 0. The quantitative estimate of drug-likeness (QED) is 0.850. The predicted octanol–water partition coefficient (Wildman–Crippen LogP) is 1.70. The number of methoxy groups -OCH3 is 1. The molecule has 0 saturated carbocycles. The van der Waals surface area contributed by atoms with E-state index in [-0.39, 0.29) is 12.5 Å². The van der Waals surface area contributed by atoms with E-state index in [1.807, 2.05) is 0 Å². The van der Waals surface area contributed by atoms with Crippen molar-refractivity contribution in [1.82, 2.24) is 5.32 Å². The van der Waals surface area contributed by atoms with Gasteiger partial charge >= 0.3 is 12.0 Å². The molecule has 0 heterocycles. The Morgan fingerprint density at radius 2 is 2.05 bits per heavy atom. The molecule has 0 fully saturated rings. The number of hydrogen-bond donors (Lipinski definition) is 2. The van der Waals surface area contributed by atoms with Gasteiger partial charge in [-0.2, -0.15) is 0 Å². The molecule has 104 valence electrons. The Bertz CT molecular complexity index is 462. The van der Waals surface area contributed by atoms with Crippen molar-refractivity contribution in [2.45, 2.75) is 19.4 Å². The minimum Gasteiger partial charge on any atom is -0.495 e. The third kappa shape index (κ3) is 4.17. The van der Waals surface area contributed by atoms with Crippen LogP contribution in [-0.4, -0.2) is 37.3 Å². The predicted molar refractivity (Wildman–Crippen MR) is 71.6 cm³/mol. The fraction of sp³-hybridized carbons (Fsp3) is 0.385. The van der Waals surface area contributed by atoms with Gasteiger partial charge in [-0.1, -0.05) is 12.1 Å². The molecule has 0 aliphatic heterocycles. The van der Waals surface area contributed by atoms with Crippen LogP contribution >= 0.6 is 0 Å². The molecule has 1 aromatic rings. The molecule has 6 nitrogen and oxygen atoms in total. The minimum atomic E-state index is -0.951. The van der Waals surface area contributed by atoms with Gasteiger partial charge in [0.2, 0.25) is 0 Å². The van der Waals surface area contributed by atoms with E-state index in [2.05, 4.69) is 5.32 Å². The van der Waals surface area contributed by atoms with Gasteiger partial charge in [-0.15, -0.1) is 0 Å². The van der Waals surface area contributed by atoms with E-state index in [9.17, 15) is 9.59 Å². The number of ether oxygens (including phenoxy) is 1. The normalized spacial score (nSPS) is 11.5. The zero-order valence-corrected chi connectivity index (χ0v) is 11.2. The van der Waals surface area contributed by atoms with Gasteiger partial charge in [0, 0.05) is 13.1 Å². The molecular formula is C13H18N2O4. The van der Waals surface area contributed by atoms with Gasteiger partial charge in [0.15, 0.2) is 0 Å². The van der Waals surface area contributed by atoms with Crippen LogP contribution in [0.5, 0.6) is 5.75 Å². The summed E-state index contributed by atoms with van der Waals surface area (Å²) in [6.45, 7) is 1.64. The smallest absolute Gasteiger partial charge is 0.321 e. The first-order valence-electron chi connectivity index (χ1n) is 5.84. The van der Waals surface area contributed by atoms with Crippen molar-refractivity contribution in [1.29, 1.82) is 0 Å². The largest absolute Gasteiger partial charge is 0.495 e. The number of carboxylic acid groups (broad SMARTS) is 1. The lowest BCUT2D eigenvalue weighted by molar-refractivity contribution is -0.137. The van der Waals surface area contributed by atoms with Crippen molar-refractivity contribution in [2.24, 2.45) is 0 Å². The maximum Gasteiger partial charge on any atom is 0.321 e. The van der Waals surface area contributed by atoms with Crippen molar-refractivity contribution in [3.8, 4) is 5.75 Å². The molecule has 0 bridgehead atoms. The van der Waals surface area contributed by atoms with Gasteiger partial charge in [-0.3, -0.25) is 9.69 Å². The number of nitrogens with zero attached hydrogens (tertiary/aromatic N) is 1. The molecule has 1 rings (SSSR count). The maximum atomic E-state index is 12.0. The van der Waals surface area contributed by atoms with Crippen molar-refractivity contribution >= 4 is 17.7 Å². The van der Waals surface area contributed by atoms with Gasteiger partial charge in [0.05, 0.1) is 19.2 Å². The summed E-state index contributed by atoms with van der Waals surface area (Å²) in [5.74, 6) is -0.376. The lowest BCUT2D eigenvalue weighted by Crippen LogP contribution is -2.42. The Morgan fingerprint density at radius 3 is 2.63 bits per heavy atom. The van der Waals surface area contributed by atoms with Gasteiger partial charge in [-0.05, 0) is 19.1 Å². The molecule has 0 aromatic heterocycles. The molecule has 0 aliphatic rings. The van der Waals surface area contributed by atoms with Crippen molar-refractivity contribution < 1.29 is 19.4 Å².